The Kier molecular flexibility index (Phi) is 8.46. The largest absolute Gasteiger partial charge is 0.309 e. The van der Waals surface area contributed by atoms with Crippen LogP contribution >= 0.6 is 0 Å². The van der Waals surface area contributed by atoms with Gasteiger partial charge in [0.25, 0.3) is 0 Å². The van der Waals surface area contributed by atoms with Crippen molar-refractivity contribution in [2.45, 2.75) is 0 Å². The molecule has 3 heterocycles. The first-order valence-corrected chi connectivity index (χ1v) is 22.0. The molecule has 0 saturated carbocycles. The molecule has 65 heavy (non-hydrogen) atoms. The van der Waals surface area contributed by atoms with Gasteiger partial charge in [-0.2, -0.15) is 0 Å². The summed E-state index contributed by atoms with van der Waals surface area (Å²) in [6, 6.07) is 79.4. The molecule has 302 valence electrons. The summed E-state index contributed by atoms with van der Waals surface area (Å²) in [5, 5.41) is 10.5. The first-order chi connectivity index (χ1) is 32.2. The number of fused-ring (bicyclic) bond motifs is 8. The van der Waals surface area contributed by atoms with Gasteiger partial charge in [-0.15, -0.1) is 0 Å². The first kappa shape index (κ1) is 36.8. The van der Waals surface area contributed by atoms with E-state index in [-0.39, 0.29) is 0 Å². The lowest BCUT2D eigenvalue weighted by molar-refractivity contribution is 1.08. The van der Waals surface area contributed by atoms with Gasteiger partial charge < -0.3 is 4.57 Å². The number of pyridine rings is 1. The molecular formula is C60H37N5. The van der Waals surface area contributed by atoms with Crippen LogP contribution in [0.4, 0.5) is 0 Å². The fraction of sp³-hybridized carbons (Fsp3) is 0. The zero-order valence-corrected chi connectivity index (χ0v) is 35.1. The minimum Gasteiger partial charge on any atom is -0.309 e. The lowest BCUT2D eigenvalue weighted by atomic mass is 9.95. The highest BCUT2D eigenvalue weighted by molar-refractivity contribution is 6.20. The van der Waals surface area contributed by atoms with E-state index in [0.29, 0.717) is 17.5 Å². The molecule has 5 heteroatoms. The molecule has 0 saturated heterocycles. The van der Waals surface area contributed by atoms with Gasteiger partial charge in [0.05, 0.1) is 22.2 Å². The van der Waals surface area contributed by atoms with E-state index in [2.05, 4.69) is 229 Å². The molecule has 0 aliphatic heterocycles. The Bertz CT molecular complexity index is 3890. The number of hydrogen-bond donors (Lipinski definition) is 0. The normalized spacial score (nSPS) is 11.7. The first-order valence-electron chi connectivity index (χ1n) is 22.0. The molecular weight excluding hydrogens is 791 g/mol. The second-order valence-electron chi connectivity index (χ2n) is 16.7. The van der Waals surface area contributed by atoms with Crippen LogP contribution in [0.15, 0.2) is 224 Å². The molecule has 3 aromatic heterocycles. The summed E-state index contributed by atoms with van der Waals surface area (Å²) in [7, 11) is 0. The minimum atomic E-state index is 0.624. The third-order valence-corrected chi connectivity index (χ3v) is 12.8. The van der Waals surface area contributed by atoms with Crippen LogP contribution in [0, 0.1) is 0 Å². The van der Waals surface area contributed by atoms with Crippen LogP contribution < -0.4 is 0 Å². The van der Waals surface area contributed by atoms with Crippen molar-refractivity contribution < 1.29 is 0 Å². The molecule has 10 aromatic carbocycles. The number of aromatic nitrogens is 5. The predicted octanol–water partition coefficient (Wildman–Crippen LogP) is 15.3. The maximum atomic E-state index is 5.39. The Labute approximate surface area is 374 Å². The molecule has 0 aliphatic carbocycles. The van der Waals surface area contributed by atoms with E-state index in [0.717, 1.165) is 77.3 Å². The van der Waals surface area contributed by atoms with E-state index in [9.17, 15) is 0 Å². The molecule has 0 N–H and O–H groups in total. The fourth-order valence-corrected chi connectivity index (χ4v) is 9.55. The molecule has 0 amide bonds. The molecule has 13 rings (SSSR count). The van der Waals surface area contributed by atoms with Crippen molar-refractivity contribution in [3.8, 4) is 62.2 Å². The molecule has 0 radical (unpaired) electrons. The van der Waals surface area contributed by atoms with E-state index in [1.807, 2.05) is 0 Å². The average molecular weight is 828 g/mol. The number of benzene rings is 10. The lowest BCUT2D eigenvalue weighted by Crippen LogP contribution is -2.00. The van der Waals surface area contributed by atoms with Gasteiger partial charge in [0, 0.05) is 49.5 Å². The van der Waals surface area contributed by atoms with Crippen LogP contribution in [0.2, 0.25) is 0 Å². The number of rotatable bonds is 6. The van der Waals surface area contributed by atoms with Gasteiger partial charge in [0.2, 0.25) is 0 Å². The summed E-state index contributed by atoms with van der Waals surface area (Å²) >= 11 is 0. The van der Waals surface area contributed by atoms with Gasteiger partial charge in [0.15, 0.2) is 17.5 Å². The molecule has 0 fully saturated rings. The Morgan fingerprint density at radius 3 is 1.48 bits per heavy atom. The molecule has 5 nitrogen and oxygen atoms in total. The summed E-state index contributed by atoms with van der Waals surface area (Å²) in [5.41, 5.74) is 11.5. The van der Waals surface area contributed by atoms with Crippen LogP contribution in [-0.2, 0) is 0 Å². The Morgan fingerprint density at radius 2 is 0.800 bits per heavy atom. The third kappa shape index (κ3) is 6.32. The fourth-order valence-electron chi connectivity index (χ4n) is 9.55. The van der Waals surface area contributed by atoms with Gasteiger partial charge >= 0.3 is 0 Å². The van der Waals surface area contributed by atoms with E-state index in [1.54, 1.807) is 0 Å². The topological polar surface area (TPSA) is 56.5 Å². The highest BCUT2D eigenvalue weighted by atomic mass is 15.0. The number of hydrogen-bond acceptors (Lipinski definition) is 4. The van der Waals surface area contributed by atoms with Crippen molar-refractivity contribution in [2.24, 2.45) is 0 Å². The summed E-state index contributed by atoms with van der Waals surface area (Å²) < 4.78 is 2.38. The van der Waals surface area contributed by atoms with E-state index in [1.165, 1.54) is 32.4 Å². The van der Waals surface area contributed by atoms with Crippen LogP contribution in [0.5, 0.6) is 0 Å². The van der Waals surface area contributed by atoms with Crippen LogP contribution in [-0.4, -0.2) is 24.5 Å². The second kappa shape index (κ2) is 14.9. The summed E-state index contributed by atoms with van der Waals surface area (Å²) in [4.78, 5) is 20.7. The average Bonchev–Trinajstić information content (AvgIpc) is 3.71. The predicted molar refractivity (Wildman–Crippen MR) is 269 cm³/mol. The standard InChI is InChI=1S/C60H37N5/c1-3-15-41(16-4-1)57-53-37-56-52(49-21-11-12-22-55(49)65(56)48-19-5-2-6-20-48)36-50(53)51-35-45(31-32-54(51)61-57)40-23-27-42(28-24-40)58-62-59(46-29-25-38-13-7-9-17-43(38)33-46)64-60(63-58)47-30-26-39-14-8-10-18-44(39)34-47/h1-37H. The third-order valence-electron chi connectivity index (χ3n) is 12.8. The van der Waals surface area contributed by atoms with Crippen LogP contribution in [0.25, 0.3) is 127 Å². The van der Waals surface area contributed by atoms with Crippen molar-refractivity contribution in [2.75, 3.05) is 0 Å². The molecule has 0 atom stereocenters. The second-order valence-corrected chi connectivity index (χ2v) is 16.7. The van der Waals surface area contributed by atoms with Crippen molar-refractivity contribution in [1.82, 2.24) is 24.5 Å². The maximum Gasteiger partial charge on any atom is 0.164 e. The van der Waals surface area contributed by atoms with Crippen LogP contribution in [0.3, 0.4) is 0 Å². The lowest BCUT2D eigenvalue weighted by Gasteiger charge is -2.14. The minimum absolute atomic E-state index is 0.624. The SMILES string of the molecule is c1ccc(-c2nc3ccc(-c4ccc(-c5nc(-c6ccc7ccccc7c6)nc(-c6ccc7ccccc7c6)n5)cc4)cc3c3cc4c5ccccc5n(-c5ccccc5)c4cc23)cc1. The van der Waals surface area contributed by atoms with Crippen molar-refractivity contribution in [1.29, 1.82) is 0 Å². The van der Waals surface area contributed by atoms with Gasteiger partial charge in [-0.3, -0.25) is 0 Å². The highest BCUT2D eigenvalue weighted by Gasteiger charge is 2.19. The van der Waals surface area contributed by atoms with E-state index < -0.39 is 0 Å². The number of para-hydroxylation sites is 2. The molecule has 0 spiro atoms. The zero-order valence-electron chi connectivity index (χ0n) is 35.1. The van der Waals surface area contributed by atoms with Crippen LogP contribution in [0.1, 0.15) is 0 Å². The van der Waals surface area contributed by atoms with Crippen molar-refractivity contribution >= 4 is 65.0 Å². The van der Waals surface area contributed by atoms with Gasteiger partial charge in [-0.05, 0) is 92.7 Å². The maximum absolute atomic E-state index is 5.39. The Morgan fingerprint density at radius 1 is 0.262 bits per heavy atom. The summed E-state index contributed by atoms with van der Waals surface area (Å²) in [6.07, 6.45) is 0. The Balaban J connectivity index is 0.955. The van der Waals surface area contributed by atoms with Gasteiger partial charge in [-0.1, -0.05) is 170 Å². The molecule has 0 unspecified atom stereocenters. The van der Waals surface area contributed by atoms with Gasteiger partial charge in [-0.25, -0.2) is 19.9 Å². The quantitative estimate of drug-likeness (QED) is 0.157. The smallest absolute Gasteiger partial charge is 0.164 e. The highest BCUT2D eigenvalue weighted by Crippen LogP contribution is 2.41. The van der Waals surface area contributed by atoms with Gasteiger partial charge in [0.1, 0.15) is 0 Å². The summed E-state index contributed by atoms with van der Waals surface area (Å²) in [6.45, 7) is 0. The van der Waals surface area contributed by atoms with Crippen molar-refractivity contribution in [3.63, 3.8) is 0 Å². The molecule has 0 bridgehead atoms. The molecule has 0 aliphatic rings. The van der Waals surface area contributed by atoms with E-state index in [4.69, 9.17) is 19.9 Å². The Hall–Kier alpha value is -8.80. The zero-order chi connectivity index (χ0) is 42.8. The summed E-state index contributed by atoms with van der Waals surface area (Å²) in [5.74, 6) is 1.90. The molecule has 13 aromatic rings. The number of nitrogens with zero attached hydrogens (tertiary/aromatic N) is 5. The monoisotopic (exact) mass is 827 g/mol. The van der Waals surface area contributed by atoms with Crippen molar-refractivity contribution in [3.05, 3.63) is 224 Å². The van der Waals surface area contributed by atoms with E-state index >= 15 is 0 Å².